The summed E-state index contributed by atoms with van der Waals surface area (Å²) in [6, 6.07) is 0. The number of carboxylic acid groups (broad SMARTS) is 2. The minimum absolute atomic E-state index is 0.297. The van der Waals surface area contributed by atoms with Crippen LogP contribution >= 0.6 is 0 Å². The Morgan fingerprint density at radius 3 is 1.21 bits per heavy atom. The Hall–Kier alpha value is -1.34. The standard InChI is InChI=1S/2C8H12O3.O.V/c2*9-5-6-3-1-2-4-7(6)8(10)11;;/h2*5-7H,1-4H2,(H,10,11);;/q;;;+2/p-2. The van der Waals surface area contributed by atoms with Crippen LogP contribution in [0.25, 0.3) is 0 Å². The molecule has 2 aliphatic carbocycles. The second-order valence-electron chi connectivity index (χ2n) is 6.02. The summed E-state index contributed by atoms with van der Waals surface area (Å²) < 4.78 is 8.19. The SMILES string of the molecule is O=CC1CCCCC1C(=O)[O-].O=CC1CCCCC1C(=O)[O-].[O]=[V+2]. The number of hydrogen-bond acceptors (Lipinski definition) is 7. The summed E-state index contributed by atoms with van der Waals surface area (Å²) in [5, 5.41) is 20.9. The molecule has 0 spiro atoms. The summed E-state index contributed by atoms with van der Waals surface area (Å²) in [5.41, 5.74) is 0. The normalized spacial score (nSPS) is 28.9. The molecule has 0 radical (unpaired) electrons. The van der Waals surface area contributed by atoms with E-state index in [4.69, 9.17) is 3.67 Å². The number of carbonyl (C=O) groups is 4. The van der Waals surface area contributed by atoms with Crippen molar-refractivity contribution >= 4 is 24.5 Å². The summed E-state index contributed by atoms with van der Waals surface area (Å²) in [5.74, 6) is -3.78. The Morgan fingerprint density at radius 1 is 0.708 bits per heavy atom. The second kappa shape index (κ2) is 13.0. The third-order valence-electron chi connectivity index (χ3n) is 4.59. The zero-order valence-corrected chi connectivity index (χ0v) is 14.8. The molecule has 0 bridgehead atoms. The molecule has 24 heavy (non-hydrogen) atoms. The van der Waals surface area contributed by atoms with E-state index in [2.05, 4.69) is 0 Å². The molecule has 2 saturated carbocycles. The van der Waals surface area contributed by atoms with Gasteiger partial charge in [-0.05, 0) is 25.7 Å². The molecule has 7 nitrogen and oxygen atoms in total. The Bertz CT molecular complexity index is 389. The van der Waals surface area contributed by atoms with E-state index in [1.54, 1.807) is 0 Å². The average molecular weight is 377 g/mol. The molecule has 0 amide bonds. The predicted molar refractivity (Wildman–Crippen MR) is 73.7 cm³/mol. The fourth-order valence-electron chi connectivity index (χ4n) is 3.23. The van der Waals surface area contributed by atoms with Crippen LogP contribution in [-0.2, 0) is 40.2 Å². The van der Waals surface area contributed by atoms with Crippen LogP contribution in [-0.4, -0.2) is 24.5 Å². The number of aldehydes is 2. The van der Waals surface area contributed by atoms with Gasteiger partial charge < -0.3 is 29.4 Å². The van der Waals surface area contributed by atoms with Crippen molar-refractivity contribution in [3.63, 3.8) is 0 Å². The second-order valence-corrected chi connectivity index (χ2v) is 6.02. The number of rotatable bonds is 4. The van der Waals surface area contributed by atoms with Gasteiger partial charge >= 0.3 is 21.0 Å². The van der Waals surface area contributed by atoms with Gasteiger partial charge in [-0.15, -0.1) is 0 Å². The number of aliphatic carboxylic acids is 2. The Labute approximate surface area is 150 Å². The van der Waals surface area contributed by atoms with Crippen molar-refractivity contribution in [2.75, 3.05) is 0 Å². The summed E-state index contributed by atoms with van der Waals surface area (Å²) in [6.07, 6.45) is 7.87. The van der Waals surface area contributed by atoms with Crippen LogP contribution in [0, 0.1) is 23.7 Å². The van der Waals surface area contributed by atoms with Gasteiger partial charge in [-0.2, -0.15) is 0 Å². The molecule has 0 aromatic heterocycles. The third kappa shape index (κ3) is 7.49. The van der Waals surface area contributed by atoms with Gasteiger partial charge in [-0.1, -0.05) is 25.7 Å². The van der Waals surface area contributed by atoms with E-state index in [1.165, 1.54) is 0 Å². The van der Waals surface area contributed by atoms with Gasteiger partial charge in [0.2, 0.25) is 0 Å². The summed E-state index contributed by atoms with van der Waals surface area (Å²) >= 11 is 1.06. The van der Waals surface area contributed by atoms with Crippen LogP contribution in [0.15, 0.2) is 0 Å². The van der Waals surface area contributed by atoms with Gasteiger partial charge in [-0.3, -0.25) is 0 Å². The first-order valence-corrected chi connectivity index (χ1v) is 8.58. The van der Waals surface area contributed by atoms with Gasteiger partial charge in [0.15, 0.2) is 0 Å². The third-order valence-corrected chi connectivity index (χ3v) is 4.59. The molecule has 2 rings (SSSR count). The zero-order valence-electron chi connectivity index (χ0n) is 13.4. The molecule has 2 fully saturated rings. The number of carboxylic acids is 2. The van der Waals surface area contributed by atoms with E-state index in [-0.39, 0.29) is 11.8 Å². The molecule has 4 unspecified atom stereocenters. The van der Waals surface area contributed by atoms with Crippen LogP contribution in [0.4, 0.5) is 0 Å². The van der Waals surface area contributed by atoms with Crippen molar-refractivity contribution in [1.29, 1.82) is 0 Å². The molecule has 0 aromatic carbocycles. The van der Waals surface area contributed by atoms with Crippen LogP contribution in [0.2, 0.25) is 0 Å². The fraction of sp³-hybridized carbons (Fsp3) is 0.750. The molecule has 2 aliphatic rings. The summed E-state index contributed by atoms with van der Waals surface area (Å²) in [4.78, 5) is 41.7. The molecule has 0 heterocycles. The first kappa shape index (κ1) is 22.7. The van der Waals surface area contributed by atoms with Crippen molar-refractivity contribution in [3.05, 3.63) is 0 Å². The summed E-state index contributed by atoms with van der Waals surface area (Å²) in [7, 11) is 0. The maximum atomic E-state index is 10.5. The van der Waals surface area contributed by atoms with E-state index in [0.717, 1.165) is 55.6 Å². The van der Waals surface area contributed by atoms with Crippen LogP contribution in [0.1, 0.15) is 51.4 Å². The molecule has 0 saturated heterocycles. The molecule has 133 valence electrons. The molecule has 0 aromatic rings. The van der Waals surface area contributed by atoms with Crippen molar-refractivity contribution in [2.24, 2.45) is 23.7 Å². The quantitative estimate of drug-likeness (QED) is 0.596. The van der Waals surface area contributed by atoms with Crippen LogP contribution < -0.4 is 10.2 Å². The van der Waals surface area contributed by atoms with Gasteiger partial charge in [-0.25, -0.2) is 0 Å². The Balaban J connectivity index is 0.000000400. The maximum absolute atomic E-state index is 10.5. The first-order valence-electron chi connectivity index (χ1n) is 8.01. The van der Waals surface area contributed by atoms with Crippen molar-refractivity contribution < 1.29 is 50.4 Å². The van der Waals surface area contributed by atoms with Gasteiger partial charge in [0.25, 0.3) is 0 Å². The molecule has 0 N–H and O–H groups in total. The summed E-state index contributed by atoms with van der Waals surface area (Å²) in [6.45, 7) is 0. The first-order chi connectivity index (χ1) is 11.5. The van der Waals surface area contributed by atoms with Crippen LogP contribution in [0.5, 0.6) is 0 Å². The Morgan fingerprint density at radius 2 is 1.00 bits per heavy atom. The van der Waals surface area contributed by atoms with E-state index in [9.17, 15) is 29.4 Å². The van der Waals surface area contributed by atoms with E-state index in [0.29, 0.717) is 25.7 Å². The van der Waals surface area contributed by atoms with Gasteiger partial charge in [0.05, 0.1) is 0 Å². The van der Waals surface area contributed by atoms with Crippen LogP contribution in [0.3, 0.4) is 0 Å². The molecule has 4 atom stereocenters. The molecule has 0 aliphatic heterocycles. The molecule has 8 heteroatoms. The van der Waals surface area contributed by atoms with Gasteiger partial charge in [0, 0.05) is 35.6 Å². The predicted octanol–water partition coefficient (Wildman–Crippen LogP) is -0.638. The number of carbonyl (C=O) groups excluding carboxylic acids is 4. The zero-order chi connectivity index (χ0) is 18.5. The fourth-order valence-corrected chi connectivity index (χ4v) is 3.23. The molecular formula is C16H22O7V. The Kier molecular flexibility index (Phi) is 12.3. The van der Waals surface area contributed by atoms with Crippen molar-refractivity contribution in [2.45, 2.75) is 51.4 Å². The van der Waals surface area contributed by atoms with E-state index in [1.807, 2.05) is 0 Å². The topological polar surface area (TPSA) is 131 Å². The van der Waals surface area contributed by atoms with E-state index >= 15 is 0 Å². The van der Waals surface area contributed by atoms with Crippen molar-refractivity contribution in [1.82, 2.24) is 0 Å². The average Bonchev–Trinajstić information content (AvgIpc) is 2.63. The molecular weight excluding hydrogens is 355 g/mol. The monoisotopic (exact) mass is 377 g/mol. The van der Waals surface area contributed by atoms with E-state index < -0.39 is 23.8 Å². The van der Waals surface area contributed by atoms with Crippen molar-refractivity contribution in [3.8, 4) is 0 Å². The van der Waals surface area contributed by atoms with Gasteiger partial charge in [0.1, 0.15) is 12.6 Å². The minimum atomic E-state index is -1.07. The number of hydrogen-bond donors (Lipinski definition) is 0.